The summed E-state index contributed by atoms with van der Waals surface area (Å²) in [6, 6.07) is 4.32. The molecule has 1 heterocycles. The maximum Gasteiger partial charge on any atom is 0.146 e. The fraction of sp³-hybridized carbons (Fsp3) is 0.273. The Labute approximate surface area is 103 Å². The van der Waals surface area contributed by atoms with Gasteiger partial charge in [0.25, 0.3) is 0 Å². The molecular formula is C11H12ClFN4. The second-order valence-electron chi connectivity index (χ2n) is 3.70. The van der Waals surface area contributed by atoms with Gasteiger partial charge in [0.05, 0.1) is 6.54 Å². The number of benzene rings is 1. The van der Waals surface area contributed by atoms with Crippen LogP contribution in [0.4, 0.5) is 4.39 Å². The molecule has 0 unspecified atom stereocenters. The zero-order valence-corrected chi connectivity index (χ0v) is 10.1. The van der Waals surface area contributed by atoms with Crippen LogP contribution in [0.25, 0.3) is 0 Å². The SMILES string of the molecule is Cn1cnnc1CNCc1cc(F)ccc1Cl. The number of hydrogen-bond acceptors (Lipinski definition) is 3. The lowest BCUT2D eigenvalue weighted by molar-refractivity contribution is 0.612. The van der Waals surface area contributed by atoms with Gasteiger partial charge in [-0.1, -0.05) is 11.6 Å². The molecule has 2 aromatic rings. The van der Waals surface area contributed by atoms with Crippen molar-refractivity contribution in [3.8, 4) is 0 Å². The minimum absolute atomic E-state index is 0.287. The third-order valence-corrected chi connectivity index (χ3v) is 2.78. The molecule has 1 N–H and O–H groups in total. The Morgan fingerprint density at radius 3 is 2.94 bits per heavy atom. The first kappa shape index (κ1) is 12.0. The van der Waals surface area contributed by atoms with E-state index in [-0.39, 0.29) is 5.82 Å². The normalized spacial score (nSPS) is 10.8. The predicted molar refractivity (Wildman–Crippen MR) is 63.0 cm³/mol. The highest BCUT2D eigenvalue weighted by Gasteiger charge is 2.03. The maximum atomic E-state index is 13.0. The van der Waals surface area contributed by atoms with Crippen LogP contribution < -0.4 is 5.32 Å². The molecule has 0 fully saturated rings. The minimum Gasteiger partial charge on any atom is -0.320 e. The fourth-order valence-electron chi connectivity index (χ4n) is 1.45. The first-order valence-corrected chi connectivity index (χ1v) is 5.52. The number of rotatable bonds is 4. The van der Waals surface area contributed by atoms with Gasteiger partial charge in [0.1, 0.15) is 18.0 Å². The summed E-state index contributed by atoms with van der Waals surface area (Å²) in [6.07, 6.45) is 1.63. The van der Waals surface area contributed by atoms with E-state index in [1.54, 1.807) is 12.4 Å². The number of halogens is 2. The molecule has 0 radical (unpaired) electrons. The van der Waals surface area contributed by atoms with Gasteiger partial charge >= 0.3 is 0 Å². The van der Waals surface area contributed by atoms with Crippen molar-refractivity contribution >= 4 is 11.6 Å². The molecule has 0 saturated carbocycles. The molecule has 2 rings (SSSR count). The highest BCUT2D eigenvalue weighted by molar-refractivity contribution is 6.31. The molecule has 0 aliphatic heterocycles. The molecule has 17 heavy (non-hydrogen) atoms. The summed E-state index contributed by atoms with van der Waals surface area (Å²) in [6.45, 7) is 1.05. The summed E-state index contributed by atoms with van der Waals surface area (Å²) in [5, 5.41) is 11.4. The van der Waals surface area contributed by atoms with Crippen LogP contribution in [0.3, 0.4) is 0 Å². The Bertz CT molecular complexity index is 512. The summed E-state index contributed by atoms with van der Waals surface area (Å²) < 4.78 is 14.8. The quantitative estimate of drug-likeness (QED) is 0.906. The van der Waals surface area contributed by atoms with E-state index in [4.69, 9.17) is 11.6 Å². The lowest BCUT2D eigenvalue weighted by atomic mass is 10.2. The van der Waals surface area contributed by atoms with Gasteiger partial charge in [-0.25, -0.2) is 4.39 Å². The van der Waals surface area contributed by atoms with E-state index in [1.807, 2.05) is 11.6 Å². The zero-order valence-electron chi connectivity index (χ0n) is 9.32. The van der Waals surface area contributed by atoms with Gasteiger partial charge in [-0.3, -0.25) is 0 Å². The van der Waals surface area contributed by atoms with Gasteiger partial charge < -0.3 is 9.88 Å². The fourth-order valence-corrected chi connectivity index (χ4v) is 1.64. The third-order valence-electron chi connectivity index (χ3n) is 2.41. The average Bonchev–Trinajstić information content (AvgIpc) is 2.70. The summed E-state index contributed by atoms with van der Waals surface area (Å²) in [5.41, 5.74) is 0.730. The van der Waals surface area contributed by atoms with Gasteiger partial charge in [-0.15, -0.1) is 10.2 Å². The van der Waals surface area contributed by atoms with Gasteiger partial charge in [0.2, 0.25) is 0 Å². The van der Waals surface area contributed by atoms with Crippen molar-refractivity contribution in [1.82, 2.24) is 20.1 Å². The van der Waals surface area contributed by atoms with Crippen molar-refractivity contribution in [3.63, 3.8) is 0 Å². The number of aromatic nitrogens is 3. The number of nitrogens with one attached hydrogen (secondary N) is 1. The lowest BCUT2D eigenvalue weighted by Crippen LogP contribution is -2.16. The van der Waals surface area contributed by atoms with E-state index in [2.05, 4.69) is 15.5 Å². The van der Waals surface area contributed by atoms with Gasteiger partial charge in [-0.05, 0) is 23.8 Å². The molecule has 0 amide bonds. The van der Waals surface area contributed by atoms with Crippen LogP contribution in [0.5, 0.6) is 0 Å². The Balaban J connectivity index is 1.94. The molecule has 1 aromatic carbocycles. The minimum atomic E-state index is -0.287. The summed E-state index contributed by atoms with van der Waals surface area (Å²) in [4.78, 5) is 0. The number of hydrogen-bond donors (Lipinski definition) is 1. The van der Waals surface area contributed by atoms with Crippen LogP contribution in [0.2, 0.25) is 5.02 Å². The molecule has 0 spiro atoms. The Hall–Kier alpha value is -1.46. The smallest absolute Gasteiger partial charge is 0.146 e. The number of aryl methyl sites for hydroxylation is 1. The number of nitrogens with zero attached hydrogens (tertiary/aromatic N) is 3. The summed E-state index contributed by atoms with van der Waals surface area (Å²) in [7, 11) is 1.87. The van der Waals surface area contributed by atoms with E-state index in [0.29, 0.717) is 18.1 Å². The van der Waals surface area contributed by atoms with Crippen molar-refractivity contribution in [1.29, 1.82) is 0 Å². The molecule has 0 aliphatic carbocycles. The molecule has 0 aliphatic rings. The van der Waals surface area contributed by atoms with Crippen molar-refractivity contribution < 1.29 is 4.39 Å². The average molecular weight is 255 g/mol. The van der Waals surface area contributed by atoms with E-state index in [0.717, 1.165) is 11.4 Å². The standard InChI is InChI=1S/C11H12ClFN4/c1-17-7-15-16-11(17)6-14-5-8-4-9(13)2-3-10(8)12/h2-4,7,14H,5-6H2,1H3. The predicted octanol–water partition coefficient (Wildman–Crippen LogP) is 1.90. The molecular weight excluding hydrogens is 243 g/mol. The third kappa shape index (κ3) is 3.01. The van der Waals surface area contributed by atoms with Crippen LogP contribution in [0.1, 0.15) is 11.4 Å². The van der Waals surface area contributed by atoms with Crippen LogP contribution >= 0.6 is 11.6 Å². The topological polar surface area (TPSA) is 42.7 Å². The van der Waals surface area contributed by atoms with Crippen molar-refractivity contribution in [2.75, 3.05) is 0 Å². The second-order valence-corrected chi connectivity index (χ2v) is 4.10. The highest BCUT2D eigenvalue weighted by Crippen LogP contribution is 2.16. The Kier molecular flexibility index (Phi) is 3.71. The molecule has 90 valence electrons. The van der Waals surface area contributed by atoms with Crippen LogP contribution in [0.15, 0.2) is 24.5 Å². The molecule has 0 atom stereocenters. The Morgan fingerprint density at radius 2 is 2.24 bits per heavy atom. The first-order valence-electron chi connectivity index (χ1n) is 5.14. The molecule has 4 nitrogen and oxygen atoms in total. The van der Waals surface area contributed by atoms with Gasteiger partial charge in [0, 0.05) is 18.6 Å². The van der Waals surface area contributed by atoms with E-state index >= 15 is 0 Å². The molecule has 0 bridgehead atoms. The van der Waals surface area contributed by atoms with Gasteiger partial charge in [-0.2, -0.15) is 0 Å². The zero-order chi connectivity index (χ0) is 12.3. The summed E-state index contributed by atoms with van der Waals surface area (Å²) in [5.74, 6) is 0.530. The van der Waals surface area contributed by atoms with Gasteiger partial charge in [0.15, 0.2) is 0 Å². The maximum absolute atomic E-state index is 13.0. The molecule has 0 saturated heterocycles. The molecule has 1 aromatic heterocycles. The van der Waals surface area contributed by atoms with Crippen molar-refractivity contribution in [3.05, 3.63) is 46.8 Å². The second kappa shape index (κ2) is 5.25. The van der Waals surface area contributed by atoms with E-state index in [1.165, 1.54) is 12.1 Å². The van der Waals surface area contributed by atoms with E-state index < -0.39 is 0 Å². The summed E-state index contributed by atoms with van der Waals surface area (Å²) >= 11 is 5.95. The first-order chi connectivity index (χ1) is 8.16. The lowest BCUT2D eigenvalue weighted by Gasteiger charge is -2.06. The van der Waals surface area contributed by atoms with Crippen LogP contribution in [-0.2, 0) is 20.1 Å². The van der Waals surface area contributed by atoms with Crippen LogP contribution in [-0.4, -0.2) is 14.8 Å². The van der Waals surface area contributed by atoms with Crippen molar-refractivity contribution in [2.45, 2.75) is 13.1 Å². The monoisotopic (exact) mass is 254 g/mol. The van der Waals surface area contributed by atoms with E-state index in [9.17, 15) is 4.39 Å². The molecule has 6 heteroatoms. The van der Waals surface area contributed by atoms with Crippen LogP contribution in [0, 0.1) is 5.82 Å². The Morgan fingerprint density at radius 1 is 1.41 bits per heavy atom. The largest absolute Gasteiger partial charge is 0.320 e. The van der Waals surface area contributed by atoms with Crippen molar-refractivity contribution in [2.24, 2.45) is 7.05 Å². The highest BCUT2D eigenvalue weighted by atomic mass is 35.5.